The van der Waals surface area contributed by atoms with Gasteiger partial charge in [0.2, 0.25) is 6.17 Å². The number of alkyl halides is 9. The summed E-state index contributed by atoms with van der Waals surface area (Å²) in [5.41, 5.74) is 0. The van der Waals surface area contributed by atoms with Crippen molar-refractivity contribution in [3.05, 3.63) is 0 Å². The summed E-state index contributed by atoms with van der Waals surface area (Å²) in [4.78, 5) is 0. The minimum Gasteiger partial charge on any atom is -0.234 e. The molecule has 11 heteroatoms. The molecule has 1 atom stereocenters. The van der Waals surface area contributed by atoms with Gasteiger partial charge in [-0.1, -0.05) is 13.8 Å². The Labute approximate surface area is 109 Å². The van der Waals surface area contributed by atoms with Crippen molar-refractivity contribution in [2.75, 3.05) is 0 Å². The Morgan fingerprint density at radius 1 is 0.842 bits per heavy atom. The molecule has 0 aliphatic carbocycles. The van der Waals surface area contributed by atoms with E-state index in [1.807, 2.05) is 0 Å². The topological polar surface area (TPSA) is 0 Å². The molecule has 0 aliphatic rings. The molecule has 116 valence electrons. The summed E-state index contributed by atoms with van der Waals surface area (Å²) in [6.45, 7) is 0.984. The van der Waals surface area contributed by atoms with E-state index in [1.54, 1.807) is 0 Å². The van der Waals surface area contributed by atoms with Gasteiger partial charge in [-0.3, -0.25) is 0 Å². The van der Waals surface area contributed by atoms with Gasteiger partial charge < -0.3 is 0 Å². The van der Waals surface area contributed by atoms with Crippen molar-refractivity contribution in [3.63, 3.8) is 0 Å². The lowest BCUT2D eigenvalue weighted by Crippen LogP contribution is -2.63. The van der Waals surface area contributed by atoms with Crippen molar-refractivity contribution in [1.82, 2.24) is 0 Å². The standard InChI is InChI=1S/C8H10ClF9Si/c1-5(2,19-9)7(15,16)8(17,18)6(13,14)3(10)4(11)12/h3-4H,19H2,1-2H3. The largest absolute Gasteiger partial charge is 0.375 e. The van der Waals surface area contributed by atoms with Crippen LogP contribution in [0.15, 0.2) is 0 Å². The molecule has 0 spiro atoms. The third-order valence-electron chi connectivity index (χ3n) is 2.56. The van der Waals surface area contributed by atoms with E-state index in [1.165, 1.54) is 0 Å². The molecule has 0 radical (unpaired) electrons. The van der Waals surface area contributed by atoms with Gasteiger partial charge >= 0.3 is 17.8 Å². The Balaban J connectivity index is 5.72. The molecule has 0 nitrogen and oxygen atoms in total. The zero-order valence-corrected chi connectivity index (χ0v) is 11.8. The number of hydrogen-bond acceptors (Lipinski definition) is 0. The zero-order chi connectivity index (χ0) is 15.9. The molecule has 19 heavy (non-hydrogen) atoms. The first-order valence-electron chi connectivity index (χ1n) is 4.78. The van der Waals surface area contributed by atoms with Gasteiger partial charge in [0.25, 0.3) is 6.43 Å². The fraction of sp³-hybridized carbons (Fsp3) is 1.00. The van der Waals surface area contributed by atoms with Crippen LogP contribution in [0.2, 0.25) is 5.04 Å². The molecule has 0 saturated heterocycles. The Kier molecular flexibility index (Phi) is 5.31. The maximum absolute atomic E-state index is 13.4. The lowest BCUT2D eigenvalue weighted by molar-refractivity contribution is -0.340. The summed E-state index contributed by atoms with van der Waals surface area (Å²) >= 11 is 5.11. The molecule has 0 rings (SSSR count). The van der Waals surface area contributed by atoms with Crippen molar-refractivity contribution in [1.29, 1.82) is 0 Å². The van der Waals surface area contributed by atoms with E-state index >= 15 is 0 Å². The fourth-order valence-electron chi connectivity index (χ4n) is 1.05. The highest BCUT2D eigenvalue weighted by Gasteiger charge is 2.79. The van der Waals surface area contributed by atoms with Gasteiger partial charge in [0.1, 0.15) is 8.83 Å². The third-order valence-corrected chi connectivity index (χ3v) is 5.68. The zero-order valence-electron chi connectivity index (χ0n) is 9.64. The van der Waals surface area contributed by atoms with Crippen LogP contribution in [0, 0.1) is 0 Å². The van der Waals surface area contributed by atoms with Gasteiger partial charge in [-0.2, -0.15) is 37.4 Å². The van der Waals surface area contributed by atoms with Gasteiger partial charge in [-0.25, -0.2) is 13.2 Å². The quantitative estimate of drug-likeness (QED) is 0.389. The van der Waals surface area contributed by atoms with E-state index in [2.05, 4.69) is 0 Å². The highest BCUT2D eigenvalue weighted by Crippen LogP contribution is 2.58. The van der Waals surface area contributed by atoms with Crippen molar-refractivity contribution in [2.24, 2.45) is 0 Å². The lowest BCUT2D eigenvalue weighted by Gasteiger charge is -2.41. The first-order chi connectivity index (χ1) is 8.16. The average molecular weight is 341 g/mol. The van der Waals surface area contributed by atoms with E-state index in [9.17, 15) is 39.5 Å². The van der Waals surface area contributed by atoms with Gasteiger partial charge in [-0.15, -0.1) is 0 Å². The summed E-state index contributed by atoms with van der Waals surface area (Å²) in [5, 5.41) is -2.72. The van der Waals surface area contributed by atoms with E-state index in [0.29, 0.717) is 13.8 Å². The van der Waals surface area contributed by atoms with Gasteiger partial charge in [0, 0.05) is 5.04 Å². The molecule has 0 saturated carbocycles. The van der Waals surface area contributed by atoms with Crippen LogP contribution in [-0.4, -0.2) is 39.2 Å². The van der Waals surface area contributed by atoms with E-state index < -0.39 is 44.2 Å². The van der Waals surface area contributed by atoms with Gasteiger partial charge in [0.15, 0.2) is 0 Å². The van der Waals surface area contributed by atoms with E-state index in [-0.39, 0.29) is 0 Å². The van der Waals surface area contributed by atoms with Crippen LogP contribution in [0.5, 0.6) is 0 Å². The van der Waals surface area contributed by atoms with Crippen LogP contribution >= 0.6 is 11.1 Å². The molecular formula is C8H10ClF9Si. The van der Waals surface area contributed by atoms with Crippen molar-refractivity contribution >= 4 is 19.9 Å². The summed E-state index contributed by atoms with van der Waals surface area (Å²) in [6, 6.07) is 0. The second-order valence-electron chi connectivity index (χ2n) is 4.53. The van der Waals surface area contributed by atoms with Crippen LogP contribution in [-0.2, 0) is 0 Å². The normalized spacial score (nSPS) is 17.5. The predicted molar refractivity (Wildman–Crippen MR) is 54.2 cm³/mol. The Morgan fingerprint density at radius 2 is 1.21 bits per heavy atom. The number of hydrogen-bond donors (Lipinski definition) is 0. The van der Waals surface area contributed by atoms with Crippen LogP contribution in [0.25, 0.3) is 0 Å². The van der Waals surface area contributed by atoms with Crippen molar-refractivity contribution in [3.8, 4) is 0 Å². The Bertz CT molecular complexity index is 317. The number of halogens is 10. The van der Waals surface area contributed by atoms with E-state index in [0.717, 1.165) is 0 Å². The van der Waals surface area contributed by atoms with Crippen molar-refractivity contribution < 1.29 is 39.5 Å². The highest BCUT2D eigenvalue weighted by molar-refractivity contribution is 6.95. The molecular weight excluding hydrogens is 331 g/mol. The van der Waals surface area contributed by atoms with Crippen LogP contribution in [0.1, 0.15) is 13.8 Å². The average Bonchev–Trinajstić information content (AvgIpc) is 2.26. The minimum atomic E-state index is -6.29. The van der Waals surface area contributed by atoms with Gasteiger partial charge in [0.05, 0.1) is 0 Å². The maximum atomic E-state index is 13.4. The molecule has 0 amide bonds. The maximum Gasteiger partial charge on any atom is 0.375 e. The molecule has 0 aromatic heterocycles. The molecule has 0 aliphatic heterocycles. The molecule has 0 fully saturated rings. The fourth-order valence-corrected chi connectivity index (χ4v) is 1.94. The highest BCUT2D eigenvalue weighted by atomic mass is 35.6. The molecule has 0 heterocycles. The molecule has 1 unspecified atom stereocenters. The van der Waals surface area contributed by atoms with Crippen LogP contribution in [0.4, 0.5) is 39.5 Å². The van der Waals surface area contributed by atoms with Crippen LogP contribution < -0.4 is 0 Å². The second-order valence-corrected chi connectivity index (χ2v) is 7.36. The second kappa shape index (κ2) is 5.34. The van der Waals surface area contributed by atoms with Crippen LogP contribution in [0.3, 0.4) is 0 Å². The first kappa shape index (κ1) is 18.9. The Morgan fingerprint density at radius 3 is 1.47 bits per heavy atom. The van der Waals surface area contributed by atoms with Crippen molar-refractivity contribution in [2.45, 2.75) is 49.3 Å². The molecule has 0 bridgehead atoms. The minimum absolute atomic E-state index is 0.492. The smallest absolute Gasteiger partial charge is 0.234 e. The molecule has 0 aromatic carbocycles. The van der Waals surface area contributed by atoms with E-state index in [4.69, 9.17) is 11.1 Å². The summed E-state index contributed by atoms with van der Waals surface area (Å²) in [6.07, 6.45) is -9.23. The monoisotopic (exact) mass is 340 g/mol. The summed E-state index contributed by atoms with van der Waals surface area (Å²) in [5.74, 6) is -17.9. The summed E-state index contributed by atoms with van der Waals surface area (Å²) < 4.78 is 115. The SMILES string of the molecule is CC(C)([SiH2]Cl)C(F)(F)C(F)(F)C(F)(F)C(F)C(F)F. The number of rotatable bonds is 6. The molecule has 0 N–H and O–H groups in total. The predicted octanol–water partition coefficient (Wildman–Crippen LogP) is 4.02. The first-order valence-corrected chi connectivity index (χ1v) is 7.63. The molecule has 0 aromatic rings. The Hall–Kier alpha value is -0.123. The third kappa shape index (κ3) is 2.83. The van der Waals surface area contributed by atoms with Gasteiger partial charge in [-0.05, 0) is 0 Å². The lowest BCUT2D eigenvalue weighted by atomic mass is 9.91. The summed E-state index contributed by atoms with van der Waals surface area (Å²) in [7, 11) is -2.45.